The number of thiocarbonyl (C=S) groups is 1. The lowest BCUT2D eigenvalue weighted by atomic mass is 10.1. The van der Waals surface area contributed by atoms with Crippen LogP contribution < -0.4 is 10.7 Å². The van der Waals surface area contributed by atoms with Crippen molar-refractivity contribution >= 4 is 23.0 Å². The zero-order valence-corrected chi connectivity index (χ0v) is 13.2. The molecule has 21 heavy (non-hydrogen) atoms. The highest BCUT2D eigenvalue weighted by Gasteiger charge is 2.09. The highest BCUT2D eigenvalue weighted by molar-refractivity contribution is 7.80. The minimum atomic E-state index is 0.554. The molecule has 0 radical (unpaired) electrons. The molecule has 0 atom stereocenters. The predicted molar refractivity (Wildman–Crippen MR) is 89.6 cm³/mol. The molecule has 0 unspecified atom stereocenters. The second kappa shape index (κ2) is 8.71. The predicted octanol–water partition coefficient (Wildman–Crippen LogP) is 1.21. The molecular weight excluding hydrogens is 284 g/mol. The van der Waals surface area contributed by atoms with Gasteiger partial charge in [-0.1, -0.05) is 30.3 Å². The van der Waals surface area contributed by atoms with Crippen molar-refractivity contribution in [3.63, 3.8) is 0 Å². The molecule has 1 aromatic carbocycles. The second-order valence-corrected chi connectivity index (χ2v) is 5.29. The van der Waals surface area contributed by atoms with Gasteiger partial charge in [0.25, 0.3) is 0 Å². The Bertz CT molecular complexity index is 472. The van der Waals surface area contributed by atoms with Crippen molar-refractivity contribution < 1.29 is 4.74 Å². The van der Waals surface area contributed by atoms with Crippen LogP contribution in [0.4, 0.5) is 0 Å². The Morgan fingerprint density at radius 3 is 2.71 bits per heavy atom. The van der Waals surface area contributed by atoms with Gasteiger partial charge in [0.1, 0.15) is 0 Å². The lowest BCUT2D eigenvalue weighted by molar-refractivity contribution is 0.0389. The minimum absolute atomic E-state index is 0.554. The van der Waals surface area contributed by atoms with Crippen molar-refractivity contribution in [3.05, 3.63) is 35.9 Å². The number of nitrogens with one attached hydrogen (secondary N) is 2. The summed E-state index contributed by atoms with van der Waals surface area (Å²) in [4.78, 5) is 2.36. The van der Waals surface area contributed by atoms with Gasteiger partial charge in [0.15, 0.2) is 5.11 Å². The van der Waals surface area contributed by atoms with Crippen LogP contribution in [0.15, 0.2) is 35.4 Å². The molecule has 0 spiro atoms. The van der Waals surface area contributed by atoms with E-state index in [9.17, 15) is 0 Å². The molecule has 1 aliphatic heterocycles. The van der Waals surface area contributed by atoms with Crippen LogP contribution in [0.1, 0.15) is 12.5 Å². The molecule has 0 saturated carbocycles. The molecule has 1 aromatic rings. The summed E-state index contributed by atoms with van der Waals surface area (Å²) in [6, 6.07) is 10.0. The molecule has 0 aliphatic carbocycles. The number of nitrogens with zero attached hydrogens (tertiary/aromatic N) is 2. The molecule has 1 heterocycles. The van der Waals surface area contributed by atoms with E-state index >= 15 is 0 Å². The Kier molecular flexibility index (Phi) is 6.59. The molecule has 2 rings (SSSR count). The average molecular weight is 306 g/mol. The fraction of sp³-hybridized carbons (Fsp3) is 0.467. The minimum Gasteiger partial charge on any atom is -0.379 e. The van der Waals surface area contributed by atoms with Crippen LogP contribution in [0, 0.1) is 0 Å². The van der Waals surface area contributed by atoms with Gasteiger partial charge in [-0.05, 0) is 24.7 Å². The zero-order chi connectivity index (χ0) is 14.9. The van der Waals surface area contributed by atoms with Gasteiger partial charge in [0.2, 0.25) is 0 Å². The van der Waals surface area contributed by atoms with Crippen LogP contribution in [-0.2, 0) is 4.74 Å². The zero-order valence-electron chi connectivity index (χ0n) is 12.3. The number of hydrogen-bond acceptors (Lipinski definition) is 4. The molecule has 1 fully saturated rings. The largest absolute Gasteiger partial charge is 0.379 e. The molecule has 1 saturated heterocycles. The quantitative estimate of drug-likeness (QED) is 0.486. The van der Waals surface area contributed by atoms with E-state index in [2.05, 4.69) is 20.7 Å². The topological polar surface area (TPSA) is 48.9 Å². The van der Waals surface area contributed by atoms with Crippen molar-refractivity contribution in [2.75, 3.05) is 39.4 Å². The van der Waals surface area contributed by atoms with Crippen LogP contribution in [0.5, 0.6) is 0 Å². The van der Waals surface area contributed by atoms with Crippen LogP contribution in [0.25, 0.3) is 0 Å². The Labute approximate surface area is 131 Å². The van der Waals surface area contributed by atoms with Crippen molar-refractivity contribution in [1.29, 1.82) is 0 Å². The third kappa shape index (κ3) is 5.79. The van der Waals surface area contributed by atoms with Gasteiger partial charge in [-0.2, -0.15) is 5.10 Å². The SMILES string of the molecule is C/C(=N/NC(=S)NCCN1CCOCC1)c1ccccc1. The first-order chi connectivity index (χ1) is 10.3. The van der Waals surface area contributed by atoms with Gasteiger partial charge in [-0.25, -0.2) is 0 Å². The summed E-state index contributed by atoms with van der Waals surface area (Å²) in [5.74, 6) is 0. The maximum atomic E-state index is 5.32. The summed E-state index contributed by atoms with van der Waals surface area (Å²) in [7, 11) is 0. The lowest BCUT2D eigenvalue weighted by Crippen LogP contribution is -2.42. The normalized spacial score (nSPS) is 16.5. The summed E-state index contributed by atoms with van der Waals surface area (Å²) in [6.45, 7) is 7.36. The molecule has 0 bridgehead atoms. The molecule has 6 heteroatoms. The molecule has 0 aromatic heterocycles. The van der Waals surface area contributed by atoms with Gasteiger partial charge in [0.05, 0.1) is 18.9 Å². The summed E-state index contributed by atoms with van der Waals surface area (Å²) in [6.07, 6.45) is 0. The van der Waals surface area contributed by atoms with E-state index in [-0.39, 0.29) is 0 Å². The van der Waals surface area contributed by atoms with E-state index < -0.39 is 0 Å². The number of benzene rings is 1. The van der Waals surface area contributed by atoms with E-state index in [1.54, 1.807) is 0 Å². The van der Waals surface area contributed by atoms with Gasteiger partial charge < -0.3 is 10.1 Å². The maximum absolute atomic E-state index is 5.32. The first kappa shape index (κ1) is 15.9. The highest BCUT2D eigenvalue weighted by atomic mass is 32.1. The van der Waals surface area contributed by atoms with Gasteiger partial charge >= 0.3 is 0 Å². The number of morpholine rings is 1. The molecule has 114 valence electrons. The summed E-state index contributed by atoms with van der Waals surface area (Å²) >= 11 is 5.22. The molecular formula is C15H22N4OS. The van der Waals surface area contributed by atoms with E-state index in [1.165, 1.54) is 0 Å². The highest BCUT2D eigenvalue weighted by Crippen LogP contribution is 1.99. The monoisotopic (exact) mass is 306 g/mol. The fourth-order valence-corrected chi connectivity index (χ4v) is 2.22. The van der Waals surface area contributed by atoms with Crippen LogP contribution in [0.3, 0.4) is 0 Å². The summed E-state index contributed by atoms with van der Waals surface area (Å²) in [5.41, 5.74) is 4.88. The Morgan fingerprint density at radius 1 is 1.29 bits per heavy atom. The summed E-state index contributed by atoms with van der Waals surface area (Å²) < 4.78 is 5.32. The van der Waals surface area contributed by atoms with Gasteiger partial charge in [0, 0.05) is 26.2 Å². The standard InChI is InChI=1S/C15H22N4OS/c1-13(14-5-3-2-4-6-14)17-18-15(21)16-7-8-19-9-11-20-12-10-19/h2-6H,7-12H2,1H3,(H2,16,18,21)/b17-13-. The number of rotatable bonds is 5. The van der Waals surface area contributed by atoms with Crippen LogP contribution in [0.2, 0.25) is 0 Å². The molecule has 0 amide bonds. The van der Waals surface area contributed by atoms with Crippen LogP contribution >= 0.6 is 12.2 Å². The third-order valence-electron chi connectivity index (χ3n) is 3.33. The molecule has 2 N–H and O–H groups in total. The maximum Gasteiger partial charge on any atom is 0.187 e. The second-order valence-electron chi connectivity index (χ2n) is 4.88. The smallest absolute Gasteiger partial charge is 0.187 e. The van der Waals surface area contributed by atoms with Crippen molar-refractivity contribution in [1.82, 2.24) is 15.6 Å². The number of ether oxygens (including phenoxy) is 1. The first-order valence-electron chi connectivity index (χ1n) is 7.19. The summed E-state index contributed by atoms with van der Waals surface area (Å²) in [5, 5.41) is 8.01. The van der Waals surface area contributed by atoms with E-state index in [0.29, 0.717) is 5.11 Å². The third-order valence-corrected chi connectivity index (χ3v) is 3.57. The van der Waals surface area contributed by atoms with Crippen LogP contribution in [-0.4, -0.2) is 55.1 Å². The molecule has 1 aliphatic rings. The average Bonchev–Trinajstić information content (AvgIpc) is 2.54. The van der Waals surface area contributed by atoms with E-state index in [4.69, 9.17) is 17.0 Å². The van der Waals surface area contributed by atoms with E-state index in [0.717, 1.165) is 50.7 Å². The Balaban J connectivity index is 1.67. The van der Waals surface area contributed by atoms with E-state index in [1.807, 2.05) is 37.3 Å². The van der Waals surface area contributed by atoms with Gasteiger partial charge in [-0.15, -0.1) is 0 Å². The fourth-order valence-electron chi connectivity index (χ4n) is 2.07. The molecule has 5 nitrogen and oxygen atoms in total. The van der Waals surface area contributed by atoms with Crippen molar-refractivity contribution in [2.24, 2.45) is 5.10 Å². The number of hydrogen-bond donors (Lipinski definition) is 2. The van der Waals surface area contributed by atoms with Crippen molar-refractivity contribution in [2.45, 2.75) is 6.92 Å². The lowest BCUT2D eigenvalue weighted by Gasteiger charge is -2.26. The van der Waals surface area contributed by atoms with Gasteiger partial charge in [-0.3, -0.25) is 10.3 Å². The Morgan fingerprint density at radius 2 is 2.00 bits per heavy atom. The first-order valence-corrected chi connectivity index (χ1v) is 7.60. The van der Waals surface area contributed by atoms with Crippen molar-refractivity contribution in [3.8, 4) is 0 Å². The Hall–Kier alpha value is -1.50. The number of hydrazone groups is 1.